The molecule has 0 unspecified atom stereocenters. The SMILES string of the molecule is C=C=C=C=C=C=C=C=C=C=C=C=C=C=C=C=CC(=O)[C@H](C)[NH3+]. The predicted molar refractivity (Wildman–Crippen MR) is 80.2 cm³/mol. The van der Waals surface area contributed by atoms with Gasteiger partial charge in [-0.05, 0) is 88.0 Å². The van der Waals surface area contributed by atoms with E-state index in [1.807, 2.05) is 0 Å². The molecule has 3 N–H and O–H groups in total. The summed E-state index contributed by atoms with van der Waals surface area (Å²) >= 11 is 0. The molecule has 0 saturated carbocycles. The lowest BCUT2D eigenvalue weighted by Gasteiger charge is -1.89. The molecule has 0 rings (SSSR count). The molecule has 0 aliphatic rings. The Bertz CT molecular complexity index is 1000. The first-order valence-electron chi connectivity index (χ1n) is 5.91. The molecule has 0 spiro atoms. The van der Waals surface area contributed by atoms with Crippen LogP contribution < -0.4 is 5.73 Å². The molecule has 0 fully saturated rings. The molecule has 0 saturated heterocycles. The molecule has 100 valence electrons. The molecule has 2 heteroatoms. The second-order valence-electron chi connectivity index (χ2n) is 3.39. The van der Waals surface area contributed by atoms with Gasteiger partial charge in [0, 0.05) is 6.08 Å². The lowest BCUT2D eigenvalue weighted by Crippen LogP contribution is -2.62. The number of carbonyl (C=O) groups excluding carboxylic acids is 1. The van der Waals surface area contributed by atoms with Gasteiger partial charge in [-0.25, -0.2) is 0 Å². The van der Waals surface area contributed by atoms with Crippen LogP contribution in [-0.4, -0.2) is 11.8 Å². The fourth-order valence-electron chi connectivity index (χ4n) is 0.674. The maximum absolute atomic E-state index is 11.1. The zero-order valence-corrected chi connectivity index (χ0v) is 12.0. The van der Waals surface area contributed by atoms with Crippen LogP contribution in [0.2, 0.25) is 0 Å². The highest BCUT2D eigenvalue weighted by atomic mass is 16.1. The Morgan fingerprint density at radius 3 is 1.55 bits per heavy atom. The van der Waals surface area contributed by atoms with Crippen molar-refractivity contribution in [3.63, 3.8) is 0 Å². The van der Waals surface area contributed by atoms with Gasteiger partial charge in [0.05, 0.1) is 0 Å². The third-order valence-electron chi connectivity index (χ3n) is 1.61. The first kappa shape index (κ1) is 18.1. The average molecular weight is 280 g/mol. The van der Waals surface area contributed by atoms with E-state index in [1.54, 1.807) is 6.92 Å². The predicted octanol–water partition coefficient (Wildman–Crippen LogP) is 1.70. The fraction of sp³-hybridized carbons (Fsp3) is 0.100. The van der Waals surface area contributed by atoms with E-state index in [1.165, 1.54) is 6.08 Å². The van der Waals surface area contributed by atoms with E-state index in [0.717, 1.165) is 0 Å². The summed E-state index contributed by atoms with van der Waals surface area (Å²) in [5.74, 6) is -0.137. The Morgan fingerprint density at radius 1 is 0.818 bits per heavy atom. The molecule has 2 nitrogen and oxygen atoms in total. The van der Waals surface area contributed by atoms with Crippen LogP contribution in [0.25, 0.3) is 0 Å². The number of quaternary nitrogens is 1. The third kappa shape index (κ3) is 12.5. The summed E-state index contributed by atoms with van der Waals surface area (Å²) in [6.07, 6.45) is 1.24. The van der Waals surface area contributed by atoms with Crippen molar-refractivity contribution in [2.75, 3.05) is 0 Å². The molecule has 0 aromatic heterocycles. The first-order chi connectivity index (χ1) is 10.7. The van der Waals surface area contributed by atoms with Crippen molar-refractivity contribution < 1.29 is 10.5 Å². The van der Waals surface area contributed by atoms with E-state index >= 15 is 0 Å². The second kappa shape index (κ2) is 13.5. The van der Waals surface area contributed by atoms with Gasteiger partial charge in [0.1, 0.15) is 6.04 Å². The molecule has 1 atom stereocenters. The molecule has 0 amide bonds. The number of ketones is 1. The van der Waals surface area contributed by atoms with E-state index in [2.05, 4.69) is 98.3 Å². The molecule has 0 aliphatic heterocycles. The maximum atomic E-state index is 11.1. The third-order valence-corrected chi connectivity index (χ3v) is 1.61. The number of carbonyl (C=O) groups is 1. The van der Waals surface area contributed by atoms with Crippen molar-refractivity contribution in [2.24, 2.45) is 0 Å². The number of rotatable bonds is 2. The van der Waals surface area contributed by atoms with Crippen LogP contribution in [0.5, 0.6) is 0 Å². The van der Waals surface area contributed by atoms with Gasteiger partial charge in [-0.3, -0.25) is 4.79 Å². The monoisotopic (exact) mass is 280 g/mol. The van der Waals surface area contributed by atoms with Gasteiger partial charge in [-0.1, -0.05) is 11.5 Å². The van der Waals surface area contributed by atoms with Crippen molar-refractivity contribution in [1.82, 2.24) is 0 Å². The normalized spacial score (nSPS) is 6.82. The van der Waals surface area contributed by atoms with Gasteiger partial charge >= 0.3 is 0 Å². The van der Waals surface area contributed by atoms with Crippen molar-refractivity contribution in [2.45, 2.75) is 13.0 Å². The highest BCUT2D eigenvalue weighted by Gasteiger charge is 2.04. The first-order valence-corrected chi connectivity index (χ1v) is 5.91. The van der Waals surface area contributed by atoms with Crippen LogP contribution in [0.15, 0.2) is 98.6 Å². The van der Waals surface area contributed by atoms with Crippen LogP contribution in [-0.2, 0) is 4.79 Å². The molecule has 0 aliphatic carbocycles. The zero-order valence-electron chi connectivity index (χ0n) is 12.0. The molecule has 22 heavy (non-hydrogen) atoms. The van der Waals surface area contributed by atoms with Crippen molar-refractivity contribution in [3.05, 3.63) is 98.6 Å². The lowest BCUT2D eigenvalue weighted by atomic mass is 10.2. The molecule has 0 aromatic rings. The molecule has 0 bridgehead atoms. The van der Waals surface area contributed by atoms with Gasteiger partial charge in [0.15, 0.2) is 0 Å². The zero-order chi connectivity index (χ0) is 16.5. The van der Waals surface area contributed by atoms with Crippen LogP contribution in [0.1, 0.15) is 6.92 Å². The summed E-state index contributed by atoms with van der Waals surface area (Å²) in [4.78, 5) is 11.1. The van der Waals surface area contributed by atoms with E-state index in [9.17, 15) is 4.79 Å². The molecule has 0 aromatic carbocycles. The highest BCUT2D eigenvalue weighted by Crippen LogP contribution is 1.76. The Labute approximate surface area is 128 Å². The quantitative estimate of drug-likeness (QED) is 0.607. The second-order valence-corrected chi connectivity index (χ2v) is 3.39. The Morgan fingerprint density at radius 2 is 1.18 bits per heavy atom. The molecule has 0 heterocycles. The summed E-state index contributed by atoms with van der Waals surface area (Å²) in [5.41, 5.74) is 40.6. The Kier molecular flexibility index (Phi) is 11.1. The standard InChI is InChI=1S/C20H9NO/c1-3-4-5-6-7-8-9-10-11-12-13-14-15-16-17-18-20(22)19(2)21/h18-19H,1,21H2,2H3/p+1/t19-/m0/s1. The van der Waals surface area contributed by atoms with Gasteiger partial charge in [0.2, 0.25) is 5.78 Å². The van der Waals surface area contributed by atoms with Crippen LogP contribution in [0, 0.1) is 0 Å². The largest absolute Gasteiger partial charge is 0.349 e. The Hall–Kier alpha value is -3.93. The summed E-state index contributed by atoms with van der Waals surface area (Å²) in [6, 6.07) is -0.310. The molecular weight excluding hydrogens is 270 g/mol. The summed E-state index contributed by atoms with van der Waals surface area (Å²) in [6.45, 7) is 4.99. The minimum atomic E-state index is -0.310. The van der Waals surface area contributed by atoms with Crippen LogP contribution in [0.4, 0.5) is 0 Å². The van der Waals surface area contributed by atoms with E-state index < -0.39 is 0 Å². The summed E-state index contributed by atoms with van der Waals surface area (Å²) in [5, 5.41) is 0. The van der Waals surface area contributed by atoms with Crippen molar-refractivity contribution in [1.29, 1.82) is 0 Å². The number of hydrogen-bond acceptors (Lipinski definition) is 1. The van der Waals surface area contributed by atoms with Gasteiger partial charge in [-0.15, -0.1) is 0 Å². The van der Waals surface area contributed by atoms with E-state index in [0.29, 0.717) is 0 Å². The maximum Gasteiger partial charge on any atom is 0.220 e. The smallest absolute Gasteiger partial charge is 0.220 e. The average Bonchev–Trinajstić information content (AvgIpc) is 2.50. The van der Waals surface area contributed by atoms with E-state index in [4.69, 9.17) is 0 Å². The fourth-order valence-corrected chi connectivity index (χ4v) is 0.674. The number of hydrogen-bond donors (Lipinski definition) is 1. The van der Waals surface area contributed by atoms with Gasteiger partial charge in [0.25, 0.3) is 0 Å². The van der Waals surface area contributed by atoms with Crippen LogP contribution >= 0.6 is 0 Å². The van der Waals surface area contributed by atoms with Gasteiger partial charge < -0.3 is 5.73 Å². The highest BCUT2D eigenvalue weighted by molar-refractivity contribution is 5.92. The van der Waals surface area contributed by atoms with Crippen LogP contribution in [0.3, 0.4) is 0 Å². The summed E-state index contributed by atoms with van der Waals surface area (Å²) < 4.78 is 0. The molecule has 0 radical (unpaired) electrons. The minimum Gasteiger partial charge on any atom is -0.349 e. The van der Waals surface area contributed by atoms with Crippen molar-refractivity contribution in [3.8, 4) is 0 Å². The van der Waals surface area contributed by atoms with E-state index in [-0.39, 0.29) is 11.8 Å². The Balaban J connectivity index is 5.54. The molecular formula is C20H10NO+. The van der Waals surface area contributed by atoms with Gasteiger partial charge in [-0.2, -0.15) is 0 Å². The lowest BCUT2D eigenvalue weighted by molar-refractivity contribution is -0.396. The topological polar surface area (TPSA) is 44.7 Å². The van der Waals surface area contributed by atoms with Crippen molar-refractivity contribution >= 4 is 5.78 Å². The summed E-state index contributed by atoms with van der Waals surface area (Å²) in [7, 11) is 0. The minimum absolute atomic E-state index is 0.137.